The van der Waals surface area contributed by atoms with E-state index in [1.54, 1.807) is 4.90 Å². The zero-order chi connectivity index (χ0) is 24.0. The van der Waals surface area contributed by atoms with Gasteiger partial charge < -0.3 is 9.80 Å². The lowest BCUT2D eigenvalue weighted by Gasteiger charge is -2.21. The van der Waals surface area contributed by atoms with Gasteiger partial charge in [0.15, 0.2) is 0 Å². The van der Waals surface area contributed by atoms with Crippen LogP contribution in [-0.2, 0) is 11.2 Å². The number of nitrogens with zero attached hydrogens (tertiary/aromatic N) is 3. The zero-order valence-electron chi connectivity index (χ0n) is 20.0. The summed E-state index contributed by atoms with van der Waals surface area (Å²) in [6.07, 6.45) is 3.42. The molecule has 2 aliphatic rings. The number of carbonyl (C=O) groups is 2. The van der Waals surface area contributed by atoms with Crippen LogP contribution in [0.2, 0.25) is 0 Å². The van der Waals surface area contributed by atoms with E-state index < -0.39 is 6.04 Å². The molecule has 5 rings (SSSR count). The molecule has 0 saturated carbocycles. The van der Waals surface area contributed by atoms with E-state index in [1.807, 2.05) is 48.5 Å². The fourth-order valence-corrected chi connectivity index (χ4v) is 5.14. The monoisotopic (exact) mass is 465 g/mol. The standard InChI is InChI=1S/C30H31N3O2/c34-29-28(23-26-16-10-15-25-14-4-5-17-27(25)26)32(20-7-6-13-24-11-2-1-3-12-24)30(35)33(29)22-21-31-18-8-9-19-31/h1-5,10-12,14-17,28H,7-9,18-23H2/t28-/m0/s1. The van der Waals surface area contributed by atoms with Gasteiger partial charge in [-0.05, 0) is 54.4 Å². The summed E-state index contributed by atoms with van der Waals surface area (Å²) >= 11 is 0. The molecular formula is C30H31N3O2. The molecule has 0 unspecified atom stereocenters. The van der Waals surface area contributed by atoms with E-state index in [4.69, 9.17) is 0 Å². The van der Waals surface area contributed by atoms with Gasteiger partial charge in [0.2, 0.25) is 0 Å². The second kappa shape index (κ2) is 10.8. The first-order chi connectivity index (χ1) is 17.2. The minimum Gasteiger partial charge on any atom is -0.311 e. The van der Waals surface area contributed by atoms with Crippen molar-refractivity contribution in [3.63, 3.8) is 0 Å². The molecule has 0 bridgehead atoms. The van der Waals surface area contributed by atoms with Gasteiger partial charge in [0.1, 0.15) is 6.04 Å². The fourth-order valence-electron chi connectivity index (χ4n) is 5.14. The van der Waals surface area contributed by atoms with Crippen LogP contribution in [0.15, 0.2) is 72.8 Å². The summed E-state index contributed by atoms with van der Waals surface area (Å²) in [4.78, 5) is 32.5. The molecule has 0 aliphatic carbocycles. The summed E-state index contributed by atoms with van der Waals surface area (Å²) < 4.78 is 0. The summed E-state index contributed by atoms with van der Waals surface area (Å²) in [6.45, 7) is 3.75. The first-order valence-corrected chi connectivity index (χ1v) is 12.6. The van der Waals surface area contributed by atoms with Crippen LogP contribution < -0.4 is 0 Å². The van der Waals surface area contributed by atoms with Gasteiger partial charge >= 0.3 is 6.03 Å². The van der Waals surface area contributed by atoms with Crippen LogP contribution in [0, 0.1) is 11.8 Å². The summed E-state index contributed by atoms with van der Waals surface area (Å²) in [6, 6.07) is 23.6. The molecule has 3 aromatic rings. The molecule has 3 amide bonds. The number of hydrogen-bond acceptors (Lipinski definition) is 3. The Morgan fingerprint density at radius 2 is 1.54 bits per heavy atom. The van der Waals surface area contributed by atoms with Gasteiger partial charge in [-0.15, -0.1) is 0 Å². The van der Waals surface area contributed by atoms with E-state index in [0.717, 1.165) is 41.5 Å². The number of hydrogen-bond donors (Lipinski definition) is 0. The van der Waals surface area contributed by atoms with E-state index in [-0.39, 0.29) is 11.9 Å². The number of rotatable bonds is 7. The highest BCUT2D eigenvalue weighted by Crippen LogP contribution is 2.26. The van der Waals surface area contributed by atoms with Gasteiger partial charge in [0.05, 0.1) is 0 Å². The number of amides is 3. The van der Waals surface area contributed by atoms with E-state index in [1.165, 1.54) is 17.7 Å². The number of likely N-dealkylation sites (tertiary alicyclic amines) is 1. The third kappa shape index (κ3) is 5.23. The molecule has 5 heteroatoms. The Hall–Kier alpha value is -3.62. The van der Waals surface area contributed by atoms with E-state index in [2.05, 4.69) is 41.0 Å². The number of carbonyl (C=O) groups excluding carboxylic acids is 2. The smallest absolute Gasteiger partial charge is 0.311 e. The molecule has 3 aromatic carbocycles. The van der Waals surface area contributed by atoms with Gasteiger partial charge in [-0.3, -0.25) is 9.69 Å². The molecule has 35 heavy (non-hydrogen) atoms. The lowest BCUT2D eigenvalue weighted by Crippen LogP contribution is -2.39. The minimum absolute atomic E-state index is 0.0850. The normalized spacial score (nSPS) is 18.3. The van der Waals surface area contributed by atoms with Crippen molar-refractivity contribution in [2.75, 3.05) is 32.7 Å². The predicted octanol–water partition coefficient (Wildman–Crippen LogP) is 4.55. The summed E-state index contributed by atoms with van der Waals surface area (Å²) in [5, 5.41) is 2.28. The number of benzene rings is 3. The van der Waals surface area contributed by atoms with E-state index >= 15 is 0 Å². The van der Waals surface area contributed by atoms with Crippen LogP contribution in [0.25, 0.3) is 10.8 Å². The summed E-state index contributed by atoms with van der Waals surface area (Å²) in [5.41, 5.74) is 2.05. The maximum Gasteiger partial charge on any atom is 0.327 e. The average Bonchev–Trinajstić information content (AvgIpc) is 3.49. The summed E-state index contributed by atoms with van der Waals surface area (Å²) in [5.74, 6) is 6.27. The maximum absolute atomic E-state index is 13.5. The predicted molar refractivity (Wildman–Crippen MR) is 139 cm³/mol. The molecule has 0 N–H and O–H groups in total. The van der Waals surface area contributed by atoms with Crippen molar-refractivity contribution < 1.29 is 9.59 Å². The van der Waals surface area contributed by atoms with Crippen molar-refractivity contribution in [2.45, 2.75) is 31.7 Å². The van der Waals surface area contributed by atoms with Crippen molar-refractivity contribution in [2.24, 2.45) is 0 Å². The lowest BCUT2D eigenvalue weighted by molar-refractivity contribution is -0.128. The third-order valence-electron chi connectivity index (χ3n) is 7.02. The van der Waals surface area contributed by atoms with Crippen molar-refractivity contribution in [1.82, 2.24) is 14.7 Å². The van der Waals surface area contributed by atoms with Crippen LogP contribution in [-0.4, -0.2) is 65.4 Å². The molecule has 2 fully saturated rings. The zero-order valence-corrected chi connectivity index (χ0v) is 20.0. The van der Waals surface area contributed by atoms with Gasteiger partial charge in [0, 0.05) is 38.0 Å². The molecule has 0 radical (unpaired) electrons. The van der Waals surface area contributed by atoms with Crippen molar-refractivity contribution in [3.05, 3.63) is 83.9 Å². The van der Waals surface area contributed by atoms with Crippen LogP contribution in [0.4, 0.5) is 4.79 Å². The summed E-state index contributed by atoms with van der Waals surface area (Å²) in [7, 11) is 0. The van der Waals surface area contributed by atoms with Gasteiger partial charge in [-0.1, -0.05) is 72.5 Å². The van der Waals surface area contributed by atoms with Crippen LogP contribution in [0.3, 0.4) is 0 Å². The molecule has 0 aromatic heterocycles. The highest BCUT2D eigenvalue weighted by atomic mass is 16.2. The second-order valence-corrected chi connectivity index (χ2v) is 9.29. The van der Waals surface area contributed by atoms with Crippen molar-refractivity contribution in [3.8, 4) is 11.8 Å². The van der Waals surface area contributed by atoms with Crippen LogP contribution in [0.5, 0.6) is 0 Å². The van der Waals surface area contributed by atoms with Crippen molar-refractivity contribution >= 4 is 22.7 Å². The fraction of sp³-hybridized carbons (Fsp3) is 0.333. The van der Waals surface area contributed by atoms with Crippen LogP contribution >= 0.6 is 0 Å². The molecule has 0 spiro atoms. The topological polar surface area (TPSA) is 43.9 Å². The van der Waals surface area contributed by atoms with E-state index in [9.17, 15) is 9.59 Å². The Morgan fingerprint density at radius 3 is 2.37 bits per heavy atom. The van der Waals surface area contributed by atoms with Gasteiger partial charge in [-0.2, -0.15) is 0 Å². The Labute approximate surface area is 207 Å². The second-order valence-electron chi connectivity index (χ2n) is 9.29. The van der Waals surface area contributed by atoms with Gasteiger partial charge in [-0.25, -0.2) is 4.79 Å². The minimum atomic E-state index is -0.495. The third-order valence-corrected chi connectivity index (χ3v) is 7.02. The SMILES string of the molecule is O=C1[C@H](Cc2cccc3ccccc23)N(CCC#Cc2ccccc2)C(=O)N1CCN1CCCC1. The number of imide groups is 1. The Bertz CT molecular complexity index is 1250. The lowest BCUT2D eigenvalue weighted by atomic mass is 9.98. The molecule has 2 saturated heterocycles. The Kier molecular flexibility index (Phi) is 7.11. The Morgan fingerprint density at radius 1 is 0.800 bits per heavy atom. The molecule has 2 heterocycles. The number of fused-ring (bicyclic) bond motifs is 1. The van der Waals surface area contributed by atoms with Gasteiger partial charge in [0.25, 0.3) is 5.91 Å². The number of urea groups is 1. The molecule has 5 nitrogen and oxygen atoms in total. The Balaban J connectivity index is 1.35. The molecular weight excluding hydrogens is 434 g/mol. The molecule has 178 valence electrons. The quantitative estimate of drug-likeness (QED) is 0.380. The average molecular weight is 466 g/mol. The first-order valence-electron chi connectivity index (χ1n) is 12.6. The largest absolute Gasteiger partial charge is 0.327 e. The highest BCUT2D eigenvalue weighted by molar-refractivity contribution is 6.04. The van der Waals surface area contributed by atoms with Crippen LogP contribution in [0.1, 0.15) is 30.4 Å². The maximum atomic E-state index is 13.5. The molecule has 2 aliphatic heterocycles. The van der Waals surface area contributed by atoms with Crippen molar-refractivity contribution in [1.29, 1.82) is 0 Å². The highest BCUT2D eigenvalue weighted by Gasteiger charge is 2.44. The molecule has 1 atom stereocenters. The first kappa shape index (κ1) is 23.1. The van der Waals surface area contributed by atoms with E-state index in [0.29, 0.717) is 25.9 Å².